The number of hydrogen-bond acceptors (Lipinski definition) is 6. The van der Waals surface area contributed by atoms with Crippen LogP contribution in [0, 0.1) is 5.92 Å². The lowest BCUT2D eigenvalue weighted by atomic mass is 10.1. The first kappa shape index (κ1) is 25.7. The Hall–Kier alpha value is -4.98. The van der Waals surface area contributed by atoms with Crippen LogP contribution in [0.25, 0.3) is 10.8 Å². The Labute approximate surface area is 225 Å². The molecule has 1 heterocycles. The third-order valence-corrected chi connectivity index (χ3v) is 6.48. The number of ketones is 1. The lowest BCUT2D eigenvalue weighted by Crippen LogP contribution is -2.28. The summed E-state index contributed by atoms with van der Waals surface area (Å²) in [6, 6.07) is 27.4. The van der Waals surface area contributed by atoms with Gasteiger partial charge >= 0.3 is 5.97 Å². The second-order valence-corrected chi connectivity index (χ2v) is 9.27. The summed E-state index contributed by atoms with van der Waals surface area (Å²) in [6.45, 7) is 1.10. The van der Waals surface area contributed by atoms with Crippen molar-refractivity contribution in [3.05, 3.63) is 96.6 Å². The topological polar surface area (TPSA) is 102 Å². The minimum absolute atomic E-state index is 0.00460. The number of carbonyl (C=O) groups is 4. The van der Waals surface area contributed by atoms with Crippen molar-refractivity contribution in [1.82, 2.24) is 0 Å². The highest BCUT2D eigenvalue weighted by Gasteiger charge is 2.36. The molecule has 2 amide bonds. The summed E-state index contributed by atoms with van der Waals surface area (Å²) < 4.78 is 11.3. The first-order valence-corrected chi connectivity index (χ1v) is 12.5. The van der Waals surface area contributed by atoms with Gasteiger partial charge in [0.1, 0.15) is 11.5 Å². The monoisotopic (exact) mass is 522 g/mol. The molecule has 1 aliphatic rings. The van der Waals surface area contributed by atoms with Gasteiger partial charge in [-0.3, -0.25) is 19.2 Å². The van der Waals surface area contributed by atoms with Crippen LogP contribution in [0.15, 0.2) is 91.0 Å². The van der Waals surface area contributed by atoms with Crippen molar-refractivity contribution in [2.45, 2.75) is 13.3 Å². The Kier molecular flexibility index (Phi) is 7.36. The van der Waals surface area contributed by atoms with Crippen LogP contribution in [0.3, 0.4) is 0 Å². The van der Waals surface area contributed by atoms with Crippen LogP contribution in [0.1, 0.15) is 23.7 Å². The lowest BCUT2D eigenvalue weighted by molar-refractivity contribution is -0.151. The number of ether oxygens (including phenoxy) is 2. The van der Waals surface area contributed by atoms with Crippen LogP contribution in [-0.2, 0) is 19.1 Å². The minimum Gasteiger partial charge on any atom is -0.457 e. The third-order valence-electron chi connectivity index (χ3n) is 6.48. The summed E-state index contributed by atoms with van der Waals surface area (Å²) in [5.41, 5.74) is 1.53. The standard InChI is InChI=1S/C31H26N2O6/c1-20(34)22-8-4-9-24(16-22)32-29(35)19-38-31(37)23-17-30(36)33(18-23)25-12-14-26(15-13-25)39-28-11-5-7-21-6-2-3-10-27(21)28/h2-16,23H,17-19H2,1H3,(H,32,35)/t23-/m0/s1. The molecule has 0 aliphatic carbocycles. The molecule has 0 saturated carbocycles. The van der Waals surface area contributed by atoms with E-state index in [4.69, 9.17) is 9.47 Å². The maximum atomic E-state index is 12.7. The molecule has 4 aromatic rings. The highest BCUT2D eigenvalue weighted by molar-refractivity contribution is 6.00. The molecule has 196 valence electrons. The van der Waals surface area contributed by atoms with Gasteiger partial charge in [-0.05, 0) is 54.8 Å². The largest absolute Gasteiger partial charge is 0.457 e. The molecule has 1 N–H and O–H groups in total. The molecule has 0 radical (unpaired) electrons. The summed E-state index contributed by atoms with van der Waals surface area (Å²) in [4.78, 5) is 50.5. The summed E-state index contributed by atoms with van der Waals surface area (Å²) in [5, 5.41) is 4.68. The number of amides is 2. The molecule has 5 rings (SSSR count). The van der Waals surface area contributed by atoms with E-state index in [0.717, 1.165) is 16.5 Å². The summed E-state index contributed by atoms with van der Waals surface area (Å²) >= 11 is 0. The number of benzene rings is 4. The van der Waals surface area contributed by atoms with Gasteiger partial charge in [0.2, 0.25) is 5.91 Å². The zero-order chi connectivity index (χ0) is 27.4. The van der Waals surface area contributed by atoms with E-state index in [1.54, 1.807) is 48.5 Å². The number of anilines is 2. The second-order valence-electron chi connectivity index (χ2n) is 9.27. The maximum absolute atomic E-state index is 12.7. The highest BCUT2D eigenvalue weighted by atomic mass is 16.5. The van der Waals surface area contributed by atoms with Gasteiger partial charge in [0.25, 0.3) is 5.91 Å². The average Bonchev–Trinajstić information content (AvgIpc) is 3.34. The summed E-state index contributed by atoms with van der Waals surface area (Å²) in [7, 11) is 0. The van der Waals surface area contributed by atoms with Gasteiger partial charge in [-0.25, -0.2) is 0 Å². The Morgan fingerprint density at radius 3 is 2.46 bits per heavy atom. The molecule has 1 aliphatic heterocycles. The SMILES string of the molecule is CC(=O)c1cccc(NC(=O)COC(=O)[C@H]2CC(=O)N(c3ccc(Oc4cccc5ccccc45)cc3)C2)c1. The molecule has 0 bridgehead atoms. The molecule has 1 saturated heterocycles. The van der Waals surface area contributed by atoms with Crippen molar-refractivity contribution in [2.24, 2.45) is 5.92 Å². The number of esters is 1. The third kappa shape index (κ3) is 5.96. The van der Waals surface area contributed by atoms with E-state index in [-0.39, 0.29) is 24.7 Å². The van der Waals surface area contributed by atoms with Crippen LogP contribution in [0.5, 0.6) is 11.5 Å². The van der Waals surface area contributed by atoms with E-state index < -0.39 is 24.4 Å². The summed E-state index contributed by atoms with van der Waals surface area (Å²) in [5.74, 6) is -0.807. The van der Waals surface area contributed by atoms with Gasteiger partial charge in [0.15, 0.2) is 12.4 Å². The Morgan fingerprint density at radius 2 is 1.67 bits per heavy atom. The first-order chi connectivity index (χ1) is 18.9. The predicted octanol–water partition coefficient (Wildman–Crippen LogP) is 5.37. The van der Waals surface area contributed by atoms with Crippen LogP contribution >= 0.6 is 0 Å². The van der Waals surface area contributed by atoms with Gasteiger partial charge in [-0.2, -0.15) is 0 Å². The molecule has 0 aromatic heterocycles. The van der Waals surface area contributed by atoms with Crippen molar-refractivity contribution in [3.8, 4) is 11.5 Å². The molecule has 4 aromatic carbocycles. The number of Topliss-reactive ketones (excluding diaryl/α,β-unsaturated/α-hetero) is 1. The van der Waals surface area contributed by atoms with Crippen molar-refractivity contribution < 1.29 is 28.7 Å². The van der Waals surface area contributed by atoms with Gasteiger partial charge in [0, 0.05) is 35.3 Å². The molecule has 1 fully saturated rings. The van der Waals surface area contributed by atoms with Gasteiger partial charge in [-0.1, -0.05) is 48.5 Å². The predicted molar refractivity (Wildman–Crippen MR) is 147 cm³/mol. The van der Waals surface area contributed by atoms with Crippen LogP contribution in [0.2, 0.25) is 0 Å². The number of rotatable bonds is 8. The van der Waals surface area contributed by atoms with Crippen molar-refractivity contribution >= 4 is 45.7 Å². The molecule has 8 nitrogen and oxygen atoms in total. The van der Waals surface area contributed by atoms with E-state index in [2.05, 4.69) is 5.32 Å². The fourth-order valence-corrected chi connectivity index (χ4v) is 4.49. The smallest absolute Gasteiger partial charge is 0.311 e. The summed E-state index contributed by atoms with van der Waals surface area (Å²) in [6.07, 6.45) is -0.00460. The van der Waals surface area contributed by atoms with Gasteiger partial charge in [0.05, 0.1) is 5.92 Å². The van der Waals surface area contributed by atoms with Crippen molar-refractivity contribution in [3.63, 3.8) is 0 Å². The van der Waals surface area contributed by atoms with E-state index in [9.17, 15) is 19.2 Å². The number of fused-ring (bicyclic) bond motifs is 1. The fourth-order valence-electron chi connectivity index (χ4n) is 4.49. The second kappa shape index (κ2) is 11.2. The number of nitrogens with one attached hydrogen (secondary N) is 1. The van der Waals surface area contributed by atoms with E-state index in [0.29, 0.717) is 22.7 Å². The zero-order valence-corrected chi connectivity index (χ0v) is 21.3. The molecule has 1 atom stereocenters. The number of carbonyl (C=O) groups excluding carboxylic acids is 4. The molecular formula is C31H26N2O6. The Morgan fingerprint density at radius 1 is 0.923 bits per heavy atom. The number of hydrogen-bond donors (Lipinski definition) is 1. The quantitative estimate of drug-likeness (QED) is 0.247. The van der Waals surface area contributed by atoms with Gasteiger partial charge in [-0.15, -0.1) is 0 Å². The molecule has 0 unspecified atom stereocenters. The molecule has 8 heteroatoms. The Balaban J connectivity index is 1.16. The fraction of sp³-hybridized carbons (Fsp3) is 0.161. The normalized spacial score (nSPS) is 14.7. The molecular weight excluding hydrogens is 496 g/mol. The Bertz CT molecular complexity index is 1560. The van der Waals surface area contributed by atoms with E-state index in [1.165, 1.54) is 11.8 Å². The molecule has 0 spiro atoms. The minimum atomic E-state index is -0.682. The average molecular weight is 523 g/mol. The van der Waals surface area contributed by atoms with Gasteiger partial charge < -0.3 is 19.7 Å². The van der Waals surface area contributed by atoms with Crippen LogP contribution in [0.4, 0.5) is 11.4 Å². The van der Waals surface area contributed by atoms with Crippen molar-refractivity contribution in [2.75, 3.05) is 23.4 Å². The van der Waals surface area contributed by atoms with E-state index in [1.807, 2.05) is 42.5 Å². The first-order valence-electron chi connectivity index (χ1n) is 12.5. The highest BCUT2D eigenvalue weighted by Crippen LogP contribution is 2.32. The van der Waals surface area contributed by atoms with Crippen LogP contribution in [-0.4, -0.2) is 36.7 Å². The van der Waals surface area contributed by atoms with Crippen molar-refractivity contribution in [1.29, 1.82) is 0 Å². The maximum Gasteiger partial charge on any atom is 0.311 e. The number of nitrogens with zero attached hydrogens (tertiary/aromatic N) is 1. The van der Waals surface area contributed by atoms with E-state index >= 15 is 0 Å². The van der Waals surface area contributed by atoms with Crippen LogP contribution < -0.4 is 15.0 Å². The zero-order valence-electron chi connectivity index (χ0n) is 21.3. The molecule has 39 heavy (non-hydrogen) atoms. The lowest BCUT2D eigenvalue weighted by Gasteiger charge is -2.17.